The Bertz CT molecular complexity index is 502. The van der Waals surface area contributed by atoms with Crippen molar-refractivity contribution in [1.29, 1.82) is 0 Å². The lowest BCUT2D eigenvalue weighted by atomic mass is 10.1. The summed E-state index contributed by atoms with van der Waals surface area (Å²) in [5.41, 5.74) is 1.27. The molecule has 2 fully saturated rings. The van der Waals surface area contributed by atoms with Crippen molar-refractivity contribution in [2.24, 2.45) is 5.92 Å². The number of hydrogen-bond acceptors (Lipinski definition) is 4. The SMILES string of the molecule is CC(=O)NCC[C@H]1C[C@H]1c1cncc(OC[C@@H]2CCN2)c1. The highest BCUT2D eigenvalue weighted by Gasteiger charge is 2.38. The van der Waals surface area contributed by atoms with Crippen LogP contribution in [0.25, 0.3) is 0 Å². The molecule has 1 aromatic heterocycles. The van der Waals surface area contributed by atoms with Crippen molar-refractivity contribution in [1.82, 2.24) is 15.6 Å². The van der Waals surface area contributed by atoms with Crippen LogP contribution in [0.2, 0.25) is 0 Å². The number of hydrogen-bond donors (Lipinski definition) is 2. The molecular formula is C16H23N3O2. The first-order chi connectivity index (χ1) is 10.2. The van der Waals surface area contributed by atoms with E-state index in [4.69, 9.17) is 4.74 Å². The minimum atomic E-state index is 0.0499. The molecule has 0 unspecified atom stereocenters. The summed E-state index contributed by atoms with van der Waals surface area (Å²) in [6, 6.07) is 2.62. The van der Waals surface area contributed by atoms with E-state index in [-0.39, 0.29) is 5.91 Å². The van der Waals surface area contributed by atoms with Crippen molar-refractivity contribution in [3.8, 4) is 5.75 Å². The number of nitrogens with one attached hydrogen (secondary N) is 2. The third-order valence-corrected chi connectivity index (χ3v) is 4.35. The van der Waals surface area contributed by atoms with Crippen LogP contribution in [0.5, 0.6) is 5.75 Å². The van der Waals surface area contributed by atoms with Gasteiger partial charge in [-0.05, 0) is 49.3 Å². The second-order valence-corrected chi connectivity index (χ2v) is 6.08. The summed E-state index contributed by atoms with van der Waals surface area (Å²) in [5.74, 6) is 2.17. The van der Waals surface area contributed by atoms with Gasteiger partial charge in [-0.3, -0.25) is 9.78 Å². The molecule has 0 bridgehead atoms. The van der Waals surface area contributed by atoms with Gasteiger partial charge in [0.05, 0.1) is 6.20 Å². The van der Waals surface area contributed by atoms with Crippen molar-refractivity contribution in [2.75, 3.05) is 19.7 Å². The Morgan fingerprint density at radius 3 is 3.10 bits per heavy atom. The largest absolute Gasteiger partial charge is 0.490 e. The lowest BCUT2D eigenvalue weighted by Gasteiger charge is -2.27. The molecule has 3 rings (SSSR count). The fourth-order valence-corrected chi connectivity index (χ4v) is 2.81. The van der Waals surface area contributed by atoms with Gasteiger partial charge in [0.1, 0.15) is 12.4 Å². The average molecular weight is 289 g/mol. The molecule has 2 aliphatic rings. The minimum absolute atomic E-state index is 0.0499. The Kier molecular flexibility index (Phi) is 4.39. The fraction of sp³-hybridized carbons (Fsp3) is 0.625. The van der Waals surface area contributed by atoms with Crippen LogP contribution in [-0.2, 0) is 4.79 Å². The molecule has 3 atom stereocenters. The summed E-state index contributed by atoms with van der Waals surface area (Å²) in [4.78, 5) is 15.2. The Morgan fingerprint density at radius 1 is 1.52 bits per heavy atom. The molecule has 1 aromatic rings. The highest BCUT2D eigenvalue weighted by Crippen LogP contribution is 2.49. The van der Waals surface area contributed by atoms with Gasteiger partial charge >= 0.3 is 0 Å². The lowest BCUT2D eigenvalue weighted by Crippen LogP contribution is -2.46. The maximum atomic E-state index is 10.9. The summed E-state index contributed by atoms with van der Waals surface area (Å²) in [7, 11) is 0. The molecule has 1 aliphatic heterocycles. The zero-order chi connectivity index (χ0) is 14.7. The highest BCUT2D eigenvalue weighted by atomic mass is 16.5. The van der Waals surface area contributed by atoms with E-state index in [1.54, 1.807) is 13.1 Å². The molecule has 2 heterocycles. The molecule has 5 heteroatoms. The van der Waals surface area contributed by atoms with E-state index >= 15 is 0 Å². The van der Waals surface area contributed by atoms with E-state index < -0.39 is 0 Å². The molecule has 114 valence electrons. The monoisotopic (exact) mass is 289 g/mol. The van der Waals surface area contributed by atoms with Crippen LogP contribution in [0.15, 0.2) is 18.5 Å². The van der Waals surface area contributed by atoms with Gasteiger partial charge in [-0.2, -0.15) is 0 Å². The first-order valence-corrected chi connectivity index (χ1v) is 7.78. The predicted octanol–water partition coefficient (Wildman–Crippen LogP) is 1.45. The van der Waals surface area contributed by atoms with Crippen molar-refractivity contribution in [3.63, 3.8) is 0 Å². The Morgan fingerprint density at radius 2 is 2.38 bits per heavy atom. The van der Waals surface area contributed by atoms with Gasteiger partial charge in [0.15, 0.2) is 0 Å². The number of carbonyl (C=O) groups is 1. The maximum Gasteiger partial charge on any atom is 0.216 e. The van der Waals surface area contributed by atoms with Gasteiger partial charge in [-0.15, -0.1) is 0 Å². The molecule has 0 spiro atoms. The molecule has 5 nitrogen and oxygen atoms in total. The zero-order valence-corrected chi connectivity index (χ0v) is 12.5. The fourth-order valence-electron chi connectivity index (χ4n) is 2.81. The predicted molar refractivity (Wildman–Crippen MR) is 80.3 cm³/mol. The van der Waals surface area contributed by atoms with Crippen molar-refractivity contribution >= 4 is 5.91 Å². The summed E-state index contributed by atoms with van der Waals surface area (Å²) in [5, 5.41) is 6.18. The summed E-state index contributed by atoms with van der Waals surface area (Å²) >= 11 is 0. The van der Waals surface area contributed by atoms with Crippen LogP contribution in [0, 0.1) is 5.92 Å². The normalized spacial score (nSPS) is 26.8. The quantitative estimate of drug-likeness (QED) is 0.797. The second-order valence-electron chi connectivity index (χ2n) is 6.08. The number of ether oxygens (including phenoxy) is 1. The Hall–Kier alpha value is -1.62. The Labute approximate surface area is 125 Å². The van der Waals surface area contributed by atoms with Crippen molar-refractivity contribution < 1.29 is 9.53 Å². The van der Waals surface area contributed by atoms with E-state index in [1.165, 1.54) is 18.4 Å². The number of pyridine rings is 1. The molecule has 21 heavy (non-hydrogen) atoms. The number of amides is 1. The van der Waals surface area contributed by atoms with Crippen LogP contribution in [-0.4, -0.2) is 36.6 Å². The topological polar surface area (TPSA) is 63.2 Å². The van der Waals surface area contributed by atoms with Gasteiger partial charge in [0.25, 0.3) is 0 Å². The summed E-state index contributed by atoms with van der Waals surface area (Å²) in [6.45, 7) is 4.16. The van der Waals surface area contributed by atoms with Crippen LogP contribution in [0.1, 0.15) is 37.7 Å². The van der Waals surface area contributed by atoms with Crippen LogP contribution < -0.4 is 15.4 Å². The third-order valence-electron chi connectivity index (χ3n) is 4.35. The van der Waals surface area contributed by atoms with E-state index in [1.807, 2.05) is 6.20 Å². The van der Waals surface area contributed by atoms with Gasteiger partial charge in [-0.1, -0.05) is 0 Å². The number of rotatable bonds is 7. The van der Waals surface area contributed by atoms with Crippen LogP contribution in [0.4, 0.5) is 0 Å². The Balaban J connectivity index is 1.46. The minimum Gasteiger partial charge on any atom is -0.490 e. The van der Waals surface area contributed by atoms with Crippen molar-refractivity contribution in [2.45, 2.75) is 38.1 Å². The van der Waals surface area contributed by atoms with Gasteiger partial charge in [0, 0.05) is 25.7 Å². The van der Waals surface area contributed by atoms with Crippen molar-refractivity contribution in [3.05, 3.63) is 24.0 Å². The smallest absolute Gasteiger partial charge is 0.216 e. The molecule has 0 radical (unpaired) electrons. The number of nitrogens with zero attached hydrogens (tertiary/aromatic N) is 1. The molecule has 2 N–H and O–H groups in total. The van der Waals surface area contributed by atoms with E-state index in [2.05, 4.69) is 21.7 Å². The first kappa shape index (κ1) is 14.3. The lowest BCUT2D eigenvalue weighted by molar-refractivity contribution is -0.118. The van der Waals surface area contributed by atoms with E-state index in [9.17, 15) is 4.79 Å². The maximum absolute atomic E-state index is 10.9. The average Bonchev–Trinajstić information content (AvgIpc) is 3.16. The molecule has 1 saturated heterocycles. The molecule has 1 saturated carbocycles. The van der Waals surface area contributed by atoms with Gasteiger partial charge in [-0.25, -0.2) is 0 Å². The third kappa shape index (κ3) is 3.94. The van der Waals surface area contributed by atoms with Crippen LogP contribution >= 0.6 is 0 Å². The highest BCUT2D eigenvalue weighted by molar-refractivity contribution is 5.72. The van der Waals surface area contributed by atoms with E-state index in [0.717, 1.165) is 31.9 Å². The molecule has 0 aromatic carbocycles. The van der Waals surface area contributed by atoms with Gasteiger partial charge in [0.2, 0.25) is 5.91 Å². The second kappa shape index (κ2) is 6.43. The summed E-state index contributed by atoms with van der Waals surface area (Å²) in [6.07, 6.45) is 7.16. The number of aromatic nitrogens is 1. The first-order valence-electron chi connectivity index (χ1n) is 7.78. The molecule has 1 amide bonds. The van der Waals surface area contributed by atoms with E-state index in [0.29, 0.717) is 17.9 Å². The van der Waals surface area contributed by atoms with Gasteiger partial charge < -0.3 is 15.4 Å². The number of carbonyl (C=O) groups excluding carboxylic acids is 1. The zero-order valence-electron chi connectivity index (χ0n) is 12.5. The molecule has 1 aliphatic carbocycles. The summed E-state index contributed by atoms with van der Waals surface area (Å²) < 4.78 is 5.79. The standard InChI is InChI=1S/C16H23N3O2/c1-11(20)18-4-2-12-7-16(12)13-6-15(9-17-8-13)21-10-14-3-5-19-14/h6,8-9,12,14,16,19H,2-5,7,10H2,1H3,(H,18,20)/t12-,14-,16+/m0/s1. The molecular weight excluding hydrogens is 266 g/mol. The van der Waals surface area contributed by atoms with Crippen LogP contribution in [0.3, 0.4) is 0 Å².